The number of carbonyl (C=O) groups excluding carboxylic acids is 1. The van der Waals surface area contributed by atoms with Crippen LogP contribution in [0.15, 0.2) is 22.7 Å². The molecule has 1 aliphatic rings. The normalized spacial score (nSPS) is 15.7. The number of nitrogens with zero attached hydrogens (tertiary/aromatic N) is 1. The molecule has 0 saturated heterocycles. The number of halogens is 1. The molecule has 1 amide bonds. The maximum absolute atomic E-state index is 12.2. The van der Waals surface area contributed by atoms with Gasteiger partial charge in [-0.25, -0.2) is 0 Å². The molecular weight excluding hydrogens is 324 g/mol. The monoisotopic (exact) mass is 340 g/mol. The van der Waals surface area contributed by atoms with E-state index in [4.69, 9.17) is 0 Å². The fourth-order valence-corrected chi connectivity index (χ4v) is 3.01. The molecular formula is C14H17BrN2O3. The Morgan fingerprint density at radius 2 is 2.20 bits per heavy atom. The van der Waals surface area contributed by atoms with Crippen molar-refractivity contribution in [1.82, 2.24) is 5.32 Å². The van der Waals surface area contributed by atoms with Gasteiger partial charge in [0.1, 0.15) is 4.47 Å². The predicted molar refractivity (Wildman–Crippen MR) is 79.7 cm³/mol. The van der Waals surface area contributed by atoms with Crippen molar-refractivity contribution in [2.24, 2.45) is 5.41 Å². The zero-order chi connectivity index (χ0) is 14.8. The Kier molecular flexibility index (Phi) is 4.42. The minimum absolute atomic E-state index is 0.0904. The van der Waals surface area contributed by atoms with Crippen LogP contribution in [0.4, 0.5) is 5.69 Å². The zero-order valence-electron chi connectivity index (χ0n) is 11.3. The lowest BCUT2D eigenvalue weighted by Crippen LogP contribution is -2.30. The van der Waals surface area contributed by atoms with Crippen molar-refractivity contribution in [3.63, 3.8) is 0 Å². The van der Waals surface area contributed by atoms with Crippen LogP contribution in [0.2, 0.25) is 0 Å². The van der Waals surface area contributed by atoms with E-state index in [2.05, 4.69) is 28.2 Å². The van der Waals surface area contributed by atoms with Crippen LogP contribution in [0.3, 0.4) is 0 Å². The highest BCUT2D eigenvalue weighted by atomic mass is 79.9. The largest absolute Gasteiger partial charge is 0.351 e. The molecule has 1 aromatic rings. The number of nitro benzene ring substituents is 1. The van der Waals surface area contributed by atoms with Gasteiger partial charge in [-0.05, 0) is 46.7 Å². The molecule has 0 spiro atoms. The van der Waals surface area contributed by atoms with Gasteiger partial charge in [0.2, 0.25) is 0 Å². The smallest absolute Gasteiger partial charge is 0.284 e. The summed E-state index contributed by atoms with van der Waals surface area (Å²) in [5, 5.41) is 13.8. The van der Waals surface area contributed by atoms with Gasteiger partial charge in [0.15, 0.2) is 0 Å². The summed E-state index contributed by atoms with van der Waals surface area (Å²) in [6.45, 7) is 2.79. The third kappa shape index (κ3) is 3.17. The van der Waals surface area contributed by atoms with E-state index in [0.29, 0.717) is 12.1 Å². The van der Waals surface area contributed by atoms with Gasteiger partial charge in [0, 0.05) is 12.6 Å². The van der Waals surface area contributed by atoms with Crippen molar-refractivity contribution in [2.75, 3.05) is 6.54 Å². The molecule has 0 heterocycles. The number of nitrogens with one attached hydrogen (secondary N) is 1. The summed E-state index contributed by atoms with van der Waals surface area (Å²) >= 11 is 3.15. The van der Waals surface area contributed by atoms with E-state index in [0.717, 1.165) is 25.7 Å². The predicted octanol–water partition coefficient (Wildman–Crippen LogP) is 3.67. The van der Waals surface area contributed by atoms with Gasteiger partial charge in [0.25, 0.3) is 11.6 Å². The van der Waals surface area contributed by atoms with Gasteiger partial charge in [-0.15, -0.1) is 0 Å². The summed E-state index contributed by atoms with van der Waals surface area (Å²) in [7, 11) is 0. The van der Waals surface area contributed by atoms with E-state index in [1.165, 1.54) is 12.1 Å². The van der Waals surface area contributed by atoms with Crippen LogP contribution < -0.4 is 5.32 Å². The van der Waals surface area contributed by atoms with Crippen LogP contribution in [-0.4, -0.2) is 17.4 Å². The minimum Gasteiger partial charge on any atom is -0.351 e. The average Bonchev–Trinajstić information content (AvgIpc) is 3.17. The lowest BCUT2D eigenvalue weighted by atomic mass is 10.0. The number of rotatable bonds is 6. The number of benzene rings is 1. The van der Waals surface area contributed by atoms with Gasteiger partial charge in [0.05, 0.1) is 10.5 Å². The number of hydrogen-bond donors (Lipinski definition) is 1. The highest BCUT2D eigenvalue weighted by Crippen LogP contribution is 2.49. The fourth-order valence-electron chi connectivity index (χ4n) is 2.42. The number of carbonyl (C=O) groups is 1. The second-order valence-corrected chi connectivity index (χ2v) is 6.12. The lowest BCUT2D eigenvalue weighted by Gasteiger charge is -2.15. The molecule has 6 heteroatoms. The van der Waals surface area contributed by atoms with Crippen molar-refractivity contribution in [3.8, 4) is 0 Å². The quantitative estimate of drug-likeness (QED) is 0.634. The van der Waals surface area contributed by atoms with E-state index in [1.54, 1.807) is 6.07 Å². The van der Waals surface area contributed by atoms with Crippen LogP contribution in [0.1, 0.15) is 43.0 Å². The third-order valence-electron chi connectivity index (χ3n) is 3.78. The first-order chi connectivity index (χ1) is 9.49. The Hall–Kier alpha value is -1.43. The SMILES string of the molecule is CCCC1(CNC(=O)c2cccc([N+](=O)[O-])c2Br)CC1. The van der Waals surface area contributed by atoms with Gasteiger partial charge in [-0.1, -0.05) is 19.4 Å². The number of nitro groups is 1. The average molecular weight is 341 g/mol. The van der Waals surface area contributed by atoms with Gasteiger partial charge in [-0.2, -0.15) is 0 Å². The standard InChI is InChI=1S/C14H17BrN2O3/c1-2-6-14(7-8-14)9-16-13(18)10-4-3-5-11(12(10)15)17(19)20/h3-5H,2,6-9H2,1H3,(H,16,18). The molecule has 1 fully saturated rings. The van der Waals surface area contributed by atoms with E-state index >= 15 is 0 Å². The Bertz CT molecular complexity index is 541. The van der Waals surface area contributed by atoms with Gasteiger partial charge < -0.3 is 5.32 Å². The molecule has 0 aliphatic heterocycles. The first kappa shape index (κ1) is 15.0. The third-order valence-corrected chi connectivity index (χ3v) is 4.61. The van der Waals surface area contributed by atoms with Crippen molar-refractivity contribution in [2.45, 2.75) is 32.6 Å². The van der Waals surface area contributed by atoms with Crippen molar-refractivity contribution in [1.29, 1.82) is 0 Å². The Labute approximate surface area is 126 Å². The molecule has 0 radical (unpaired) electrons. The molecule has 0 atom stereocenters. The molecule has 0 aromatic heterocycles. The van der Waals surface area contributed by atoms with E-state index in [9.17, 15) is 14.9 Å². The van der Waals surface area contributed by atoms with Gasteiger partial charge >= 0.3 is 0 Å². The van der Waals surface area contributed by atoms with Crippen molar-refractivity contribution in [3.05, 3.63) is 38.3 Å². The first-order valence-corrected chi connectivity index (χ1v) is 7.49. The van der Waals surface area contributed by atoms with Crippen LogP contribution in [0, 0.1) is 15.5 Å². The molecule has 0 bridgehead atoms. The van der Waals surface area contributed by atoms with Crippen LogP contribution in [0.25, 0.3) is 0 Å². The van der Waals surface area contributed by atoms with Crippen LogP contribution in [0.5, 0.6) is 0 Å². The van der Waals surface area contributed by atoms with Crippen LogP contribution in [-0.2, 0) is 0 Å². The fraction of sp³-hybridized carbons (Fsp3) is 0.500. The molecule has 1 aliphatic carbocycles. The second kappa shape index (κ2) is 5.91. The number of amides is 1. The maximum atomic E-state index is 12.2. The lowest BCUT2D eigenvalue weighted by molar-refractivity contribution is -0.385. The van der Waals surface area contributed by atoms with Gasteiger partial charge in [-0.3, -0.25) is 14.9 Å². The molecule has 1 N–H and O–H groups in total. The first-order valence-electron chi connectivity index (χ1n) is 6.70. The highest BCUT2D eigenvalue weighted by molar-refractivity contribution is 9.10. The summed E-state index contributed by atoms with van der Waals surface area (Å²) in [4.78, 5) is 22.5. The molecule has 1 aromatic carbocycles. The number of hydrogen-bond acceptors (Lipinski definition) is 3. The Balaban J connectivity index is 2.06. The molecule has 108 valence electrons. The molecule has 20 heavy (non-hydrogen) atoms. The molecule has 0 unspecified atom stereocenters. The molecule has 5 nitrogen and oxygen atoms in total. The van der Waals surface area contributed by atoms with Crippen LogP contribution >= 0.6 is 15.9 Å². The summed E-state index contributed by atoms with van der Waals surface area (Å²) in [5.74, 6) is -0.261. The highest BCUT2D eigenvalue weighted by Gasteiger charge is 2.41. The summed E-state index contributed by atoms with van der Waals surface area (Å²) in [5.41, 5.74) is 0.483. The zero-order valence-corrected chi connectivity index (χ0v) is 12.9. The van der Waals surface area contributed by atoms with Crippen molar-refractivity contribution < 1.29 is 9.72 Å². The van der Waals surface area contributed by atoms with E-state index in [1.807, 2.05) is 0 Å². The van der Waals surface area contributed by atoms with E-state index in [-0.39, 0.29) is 21.5 Å². The maximum Gasteiger partial charge on any atom is 0.284 e. The minimum atomic E-state index is -0.500. The van der Waals surface area contributed by atoms with Crippen molar-refractivity contribution >= 4 is 27.5 Å². The topological polar surface area (TPSA) is 72.2 Å². The second-order valence-electron chi connectivity index (χ2n) is 5.33. The molecule has 2 rings (SSSR count). The molecule has 1 saturated carbocycles. The Morgan fingerprint density at radius 1 is 1.50 bits per heavy atom. The van der Waals surface area contributed by atoms with E-state index < -0.39 is 4.92 Å². The Morgan fingerprint density at radius 3 is 2.75 bits per heavy atom. The summed E-state index contributed by atoms with van der Waals surface area (Å²) < 4.78 is 0.239. The summed E-state index contributed by atoms with van der Waals surface area (Å²) in [6, 6.07) is 4.49. The summed E-state index contributed by atoms with van der Waals surface area (Å²) in [6.07, 6.45) is 4.52.